The minimum Gasteiger partial charge on any atom is -0.451 e. The van der Waals surface area contributed by atoms with Gasteiger partial charge in [0.15, 0.2) is 6.61 Å². The number of carbonyl (C=O) groups is 3. The summed E-state index contributed by atoms with van der Waals surface area (Å²) in [6, 6.07) is 8.39. The van der Waals surface area contributed by atoms with Crippen molar-refractivity contribution in [1.82, 2.24) is 10.9 Å². The van der Waals surface area contributed by atoms with Crippen LogP contribution in [0, 0.1) is 6.92 Å². The lowest BCUT2D eigenvalue weighted by Gasteiger charge is -2.07. The van der Waals surface area contributed by atoms with Crippen LogP contribution in [0.3, 0.4) is 0 Å². The van der Waals surface area contributed by atoms with Crippen LogP contribution in [0.5, 0.6) is 0 Å². The van der Waals surface area contributed by atoms with Gasteiger partial charge in [0.1, 0.15) is 4.88 Å². The second kappa shape index (κ2) is 8.77. The lowest BCUT2D eigenvalue weighted by Crippen LogP contribution is -2.43. The van der Waals surface area contributed by atoms with Gasteiger partial charge in [0.05, 0.1) is 0 Å². The lowest BCUT2D eigenvalue weighted by atomic mass is 10.2. The third-order valence-electron chi connectivity index (χ3n) is 3.30. The van der Waals surface area contributed by atoms with E-state index in [1.165, 1.54) is 11.3 Å². The molecule has 8 heteroatoms. The molecule has 0 saturated carbocycles. The number of carbonyl (C=O) groups excluding carboxylic acids is 3. The van der Waals surface area contributed by atoms with Gasteiger partial charge in [-0.3, -0.25) is 20.4 Å². The average Bonchev–Trinajstić information content (AvgIpc) is 2.99. The quantitative estimate of drug-likeness (QED) is 0.570. The molecule has 1 aromatic carbocycles. The van der Waals surface area contributed by atoms with Crippen molar-refractivity contribution in [1.29, 1.82) is 0 Å². The molecule has 0 spiro atoms. The van der Waals surface area contributed by atoms with Crippen molar-refractivity contribution in [2.45, 2.75) is 20.3 Å². The molecule has 0 aliphatic heterocycles. The van der Waals surface area contributed by atoms with E-state index < -0.39 is 24.4 Å². The summed E-state index contributed by atoms with van der Waals surface area (Å²) in [6.45, 7) is 3.46. The predicted octanol–water partition coefficient (Wildman–Crippen LogP) is 3.00. The monoisotopic (exact) mass is 424 g/mol. The molecule has 1 aromatic heterocycles. The molecule has 0 aliphatic carbocycles. The van der Waals surface area contributed by atoms with E-state index in [1.807, 2.05) is 13.8 Å². The van der Waals surface area contributed by atoms with E-state index in [-0.39, 0.29) is 0 Å². The van der Waals surface area contributed by atoms with Crippen molar-refractivity contribution < 1.29 is 19.1 Å². The zero-order chi connectivity index (χ0) is 18.4. The van der Waals surface area contributed by atoms with Crippen LogP contribution in [-0.2, 0) is 16.0 Å². The highest BCUT2D eigenvalue weighted by Crippen LogP contribution is 2.22. The molecular formula is C17H17BrN2O4S. The van der Waals surface area contributed by atoms with Crippen LogP contribution >= 0.6 is 27.3 Å². The highest BCUT2D eigenvalue weighted by atomic mass is 79.9. The maximum Gasteiger partial charge on any atom is 0.348 e. The Bertz CT molecular complexity index is 786. The van der Waals surface area contributed by atoms with E-state index in [0.29, 0.717) is 10.4 Å². The molecule has 2 amide bonds. The molecule has 132 valence electrons. The van der Waals surface area contributed by atoms with Crippen LogP contribution in [0.25, 0.3) is 0 Å². The SMILES string of the molecule is CCc1sc(C(=O)OCC(=O)NNC(=O)c2ccc(Br)cc2)cc1C. The van der Waals surface area contributed by atoms with Crippen molar-refractivity contribution in [2.75, 3.05) is 6.61 Å². The molecule has 1 heterocycles. The van der Waals surface area contributed by atoms with Gasteiger partial charge in [0, 0.05) is 14.9 Å². The number of halogens is 1. The number of hydrogen-bond acceptors (Lipinski definition) is 5. The Morgan fingerprint density at radius 3 is 2.44 bits per heavy atom. The largest absolute Gasteiger partial charge is 0.451 e. The Labute approximate surface area is 157 Å². The summed E-state index contributed by atoms with van der Waals surface area (Å²) in [6.07, 6.45) is 0.840. The number of ether oxygens (including phenoxy) is 1. The number of nitrogens with one attached hydrogen (secondary N) is 2. The first-order valence-corrected chi connectivity index (χ1v) is 9.12. The van der Waals surface area contributed by atoms with Gasteiger partial charge in [-0.25, -0.2) is 4.79 Å². The highest BCUT2D eigenvalue weighted by Gasteiger charge is 2.15. The summed E-state index contributed by atoms with van der Waals surface area (Å²) in [5.74, 6) is -1.64. The third kappa shape index (κ3) is 5.40. The third-order valence-corrected chi connectivity index (χ3v) is 5.19. The first-order chi connectivity index (χ1) is 11.9. The summed E-state index contributed by atoms with van der Waals surface area (Å²) < 4.78 is 5.80. The zero-order valence-electron chi connectivity index (χ0n) is 13.7. The van der Waals surface area contributed by atoms with Gasteiger partial charge in [-0.15, -0.1) is 11.3 Å². The topological polar surface area (TPSA) is 84.5 Å². The second-order valence-corrected chi connectivity index (χ2v) is 7.21. The number of rotatable bonds is 5. The first-order valence-electron chi connectivity index (χ1n) is 7.52. The number of amides is 2. The number of thiophene rings is 1. The maximum atomic E-state index is 11.9. The molecular weight excluding hydrogens is 408 g/mol. The van der Waals surface area contributed by atoms with Crippen LogP contribution in [-0.4, -0.2) is 24.4 Å². The zero-order valence-corrected chi connectivity index (χ0v) is 16.1. The van der Waals surface area contributed by atoms with E-state index in [0.717, 1.165) is 21.3 Å². The van der Waals surface area contributed by atoms with Crippen LogP contribution in [0.2, 0.25) is 0 Å². The minimum absolute atomic E-state index is 0.390. The Morgan fingerprint density at radius 2 is 1.84 bits per heavy atom. The number of benzene rings is 1. The second-order valence-electron chi connectivity index (χ2n) is 5.16. The Morgan fingerprint density at radius 1 is 1.16 bits per heavy atom. The maximum absolute atomic E-state index is 11.9. The standard InChI is InChI=1S/C17H17BrN2O4S/c1-3-13-10(2)8-14(25-13)17(23)24-9-15(21)19-20-16(22)11-4-6-12(18)7-5-11/h4-8H,3,9H2,1-2H3,(H,19,21)(H,20,22). The van der Waals surface area contributed by atoms with Crippen LogP contribution in [0.4, 0.5) is 0 Å². The lowest BCUT2D eigenvalue weighted by molar-refractivity contribution is -0.125. The van der Waals surface area contributed by atoms with Gasteiger partial charge in [-0.05, 0) is 49.2 Å². The fraction of sp³-hybridized carbons (Fsp3) is 0.235. The van der Waals surface area contributed by atoms with Crippen LogP contribution in [0.1, 0.15) is 37.4 Å². The number of esters is 1. The number of hydrazine groups is 1. The highest BCUT2D eigenvalue weighted by molar-refractivity contribution is 9.10. The molecule has 2 aromatic rings. The van der Waals surface area contributed by atoms with Crippen molar-refractivity contribution in [3.63, 3.8) is 0 Å². The fourth-order valence-electron chi connectivity index (χ4n) is 2.01. The average molecular weight is 425 g/mol. The summed E-state index contributed by atoms with van der Waals surface area (Å²) in [4.78, 5) is 37.0. The van der Waals surface area contributed by atoms with Gasteiger partial charge in [-0.2, -0.15) is 0 Å². The molecule has 0 aliphatic rings. The Kier molecular flexibility index (Phi) is 6.72. The summed E-state index contributed by atoms with van der Waals surface area (Å²) in [7, 11) is 0. The normalized spacial score (nSPS) is 10.2. The van der Waals surface area contributed by atoms with E-state index in [9.17, 15) is 14.4 Å². The minimum atomic E-state index is -0.622. The van der Waals surface area contributed by atoms with Gasteiger partial charge in [-0.1, -0.05) is 22.9 Å². The van der Waals surface area contributed by atoms with Crippen molar-refractivity contribution in [2.24, 2.45) is 0 Å². The summed E-state index contributed by atoms with van der Waals surface area (Å²) >= 11 is 4.63. The first kappa shape index (κ1) is 19.1. The predicted molar refractivity (Wildman–Crippen MR) is 98.5 cm³/mol. The molecule has 0 fully saturated rings. The van der Waals surface area contributed by atoms with E-state index in [4.69, 9.17) is 4.74 Å². The number of aryl methyl sites for hydroxylation is 2. The fourth-order valence-corrected chi connectivity index (χ4v) is 3.28. The molecule has 2 N–H and O–H groups in total. The van der Waals surface area contributed by atoms with Crippen molar-refractivity contribution in [3.8, 4) is 0 Å². The molecule has 25 heavy (non-hydrogen) atoms. The van der Waals surface area contributed by atoms with Crippen LogP contribution in [0.15, 0.2) is 34.8 Å². The smallest absolute Gasteiger partial charge is 0.348 e. The molecule has 0 unspecified atom stereocenters. The van der Waals surface area contributed by atoms with E-state index in [1.54, 1.807) is 30.3 Å². The molecule has 0 radical (unpaired) electrons. The van der Waals surface area contributed by atoms with E-state index in [2.05, 4.69) is 26.8 Å². The van der Waals surface area contributed by atoms with Gasteiger partial charge in [0.25, 0.3) is 11.8 Å². The Hall–Kier alpha value is -2.19. The van der Waals surface area contributed by atoms with Gasteiger partial charge in [0.2, 0.25) is 0 Å². The van der Waals surface area contributed by atoms with Gasteiger partial charge < -0.3 is 4.74 Å². The summed E-state index contributed by atoms with van der Waals surface area (Å²) in [5.41, 5.74) is 5.89. The van der Waals surface area contributed by atoms with Gasteiger partial charge >= 0.3 is 5.97 Å². The van der Waals surface area contributed by atoms with Crippen molar-refractivity contribution in [3.05, 3.63) is 55.7 Å². The Balaban J connectivity index is 1.79. The molecule has 6 nitrogen and oxygen atoms in total. The molecule has 0 atom stereocenters. The molecule has 2 rings (SSSR count). The van der Waals surface area contributed by atoms with E-state index >= 15 is 0 Å². The molecule has 0 saturated heterocycles. The van der Waals surface area contributed by atoms with Crippen LogP contribution < -0.4 is 10.9 Å². The number of hydrogen-bond donors (Lipinski definition) is 2. The molecule has 0 bridgehead atoms. The van der Waals surface area contributed by atoms with Crippen molar-refractivity contribution >= 4 is 45.1 Å². The summed E-state index contributed by atoms with van der Waals surface area (Å²) in [5, 5.41) is 0.